The SMILES string of the molecule is CC1=[N+]2c3cccc(n3)[N+]3=C(C)c4ccccc4OC23Oc2ccccc21. The Hall–Kier alpha value is -3.47. The maximum Gasteiger partial charge on any atom is 0.590 e. The number of ether oxygens (including phenoxy) is 2. The molecule has 1 spiro atoms. The molecule has 3 aliphatic heterocycles. The van der Waals surface area contributed by atoms with Crippen molar-refractivity contribution in [3.05, 3.63) is 77.9 Å². The van der Waals surface area contributed by atoms with E-state index in [1.54, 1.807) is 0 Å². The third-order valence-corrected chi connectivity index (χ3v) is 5.45. The largest absolute Gasteiger partial charge is 0.590 e. The minimum absolute atomic E-state index is 0.800. The Morgan fingerprint density at radius 1 is 0.667 bits per heavy atom. The van der Waals surface area contributed by atoms with Gasteiger partial charge in [0.15, 0.2) is 0 Å². The molecule has 0 fully saturated rings. The molecule has 2 aromatic carbocycles. The van der Waals surface area contributed by atoms with E-state index in [0.717, 1.165) is 45.7 Å². The third-order valence-electron chi connectivity index (χ3n) is 5.45. The molecule has 27 heavy (non-hydrogen) atoms. The van der Waals surface area contributed by atoms with Gasteiger partial charge in [-0.1, -0.05) is 24.3 Å². The zero-order chi connectivity index (χ0) is 18.2. The fraction of sp³-hybridized carbons (Fsp3) is 0.136. The number of hydrogen-bond donors (Lipinski definition) is 0. The average Bonchev–Trinajstić information content (AvgIpc) is 2.68. The average molecular weight is 355 g/mol. The number of hydrogen-bond acceptors (Lipinski definition) is 3. The highest BCUT2D eigenvalue weighted by Crippen LogP contribution is 2.44. The molecule has 0 amide bonds. The van der Waals surface area contributed by atoms with Crippen LogP contribution in [0.1, 0.15) is 25.0 Å². The minimum Gasteiger partial charge on any atom is -0.380 e. The van der Waals surface area contributed by atoms with E-state index in [4.69, 9.17) is 14.5 Å². The summed E-state index contributed by atoms with van der Waals surface area (Å²) in [5.74, 6) is 3.22. The van der Waals surface area contributed by atoms with Gasteiger partial charge in [-0.3, -0.25) is 0 Å². The van der Waals surface area contributed by atoms with Crippen molar-refractivity contribution in [1.82, 2.24) is 4.98 Å². The lowest BCUT2D eigenvalue weighted by Gasteiger charge is -2.39. The summed E-state index contributed by atoms with van der Waals surface area (Å²) < 4.78 is 17.3. The molecule has 0 unspecified atom stereocenters. The van der Waals surface area contributed by atoms with Crippen LogP contribution in [0.25, 0.3) is 0 Å². The summed E-state index contributed by atoms with van der Waals surface area (Å²) in [7, 11) is 0. The first kappa shape index (κ1) is 14.7. The fourth-order valence-electron chi connectivity index (χ4n) is 4.26. The van der Waals surface area contributed by atoms with Crippen LogP contribution >= 0.6 is 0 Å². The Balaban J connectivity index is 1.78. The van der Waals surface area contributed by atoms with Crippen LogP contribution in [0.4, 0.5) is 11.6 Å². The van der Waals surface area contributed by atoms with Crippen molar-refractivity contribution in [2.45, 2.75) is 19.9 Å². The van der Waals surface area contributed by atoms with Crippen LogP contribution < -0.4 is 9.47 Å². The van der Waals surface area contributed by atoms with Crippen molar-refractivity contribution in [3.8, 4) is 11.5 Å². The van der Waals surface area contributed by atoms with Gasteiger partial charge in [-0.25, -0.2) is 0 Å². The lowest BCUT2D eigenvalue weighted by Crippen LogP contribution is -2.65. The van der Waals surface area contributed by atoms with Crippen molar-refractivity contribution < 1.29 is 18.6 Å². The predicted molar refractivity (Wildman–Crippen MR) is 101 cm³/mol. The van der Waals surface area contributed by atoms with E-state index in [1.165, 1.54) is 0 Å². The van der Waals surface area contributed by atoms with Gasteiger partial charge in [0.05, 0.1) is 11.1 Å². The maximum atomic E-state index is 6.59. The van der Waals surface area contributed by atoms with Crippen LogP contribution in [0, 0.1) is 0 Å². The van der Waals surface area contributed by atoms with E-state index in [9.17, 15) is 0 Å². The third kappa shape index (κ3) is 1.71. The summed E-state index contributed by atoms with van der Waals surface area (Å²) in [6.07, 6.45) is 0. The Labute approximate surface area is 156 Å². The first-order chi connectivity index (χ1) is 13.2. The van der Waals surface area contributed by atoms with Crippen molar-refractivity contribution in [2.75, 3.05) is 0 Å². The molecule has 3 aliphatic rings. The zero-order valence-electron chi connectivity index (χ0n) is 15.0. The molecule has 5 heteroatoms. The van der Waals surface area contributed by atoms with Crippen molar-refractivity contribution >= 4 is 23.1 Å². The molecule has 4 heterocycles. The second-order valence-corrected chi connectivity index (χ2v) is 6.94. The Morgan fingerprint density at radius 3 is 1.67 bits per heavy atom. The van der Waals surface area contributed by atoms with Crippen molar-refractivity contribution in [2.24, 2.45) is 0 Å². The van der Waals surface area contributed by atoms with Gasteiger partial charge >= 0.3 is 17.7 Å². The molecule has 0 radical (unpaired) electrons. The highest BCUT2D eigenvalue weighted by Gasteiger charge is 2.64. The molecular formula is C22H17N3O2+2. The maximum absolute atomic E-state index is 6.59. The highest BCUT2D eigenvalue weighted by atomic mass is 16.7. The molecule has 130 valence electrons. The van der Waals surface area contributed by atoms with Gasteiger partial charge in [0.1, 0.15) is 22.9 Å². The summed E-state index contributed by atoms with van der Waals surface area (Å²) in [6, 6.07) is 20.9. The lowest BCUT2D eigenvalue weighted by molar-refractivity contribution is -0.867. The van der Waals surface area contributed by atoms with Gasteiger partial charge < -0.3 is 9.47 Å². The quantitative estimate of drug-likeness (QED) is 0.576. The summed E-state index contributed by atoms with van der Waals surface area (Å²) in [4.78, 5) is 4.84. The topological polar surface area (TPSA) is 37.4 Å². The fourth-order valence-corrected chi connectivity index (χ4v) is 4.26. The number of rotatable bonds is 0. The normalized spacial score (nSPS) is 17.9. The van der Waals surface area contributed by atoms with E-state index in [1.807, 2.05) is 63.7 Å². The van der Waals surface area contributed by atoms with Gasteiger partial charge in [0.25, 0.3) is 0 Å². The molecule has 2 bridgehead atoms. The summed E-state index contributed by atoms with van der Waals surface area (Å²) >= 11 is 0. The number of benzene rings is 2. The number of nitrogens with zero attached hydrogens (tertiary/aromatic N) is 3. The molecule has 0 N–H and O–H groups in total. The molecule has 1 aromatic heterocycles. The Morgan fingerprint density at radius 2 is 1.15 bits per heavy atom. The van der Waals surface area contributed by atoms with Crippen LogP contribution in [0.15, 0.2) is 66.7 Å². The highest BCUT2D eigenvalue weighted by molar-refractivity contribution is 6.00. The molecule has 6 rings (SSSR count). The van der Waals surface area contributed by atoms with Gasteiger partial charge in [0.2, 0.25) is 0 Å². The molecule has 5 nitrogen and oxygen atoms in total. The van der Waals surface area contributed by atoms with Crippen molar-refractivity contribution in [1.29, 1.82) is 0 Å². The first-order valence-electron chi connectivity index (χ1n) is 9.00. The van der Waals surface area contributed by atoms with Gasteiger partial charge in [-0.05, 0) is 44.2 Å². The van der Waals surface area contributed by atoms with Crippen molar-refractivity contribution in [3.63, 3.8) is 0 Å². The van der Waals surface area contributed by atoms with E-state index in [2.05, 4.69) is 26.0 Å². The van der Waals surface area contributed by atoms with Crippen LogP contribution in [0.3, 0.4) is 0 Å². The molecular weight excluding hydrogens is 338 g/mol. The van der Waals surface area contributed by atoms with Crippen LogP contribution in [-0.2, 0) is 0 Å². The van der Waals surface area contributed by atoms with E-state index in [-0.39, 0.29) is 0 Å². The number of aromatic nitrogens is 1. The van der Waals surface area contributed by atoms with Gasteiger partial charge in [-0.15, -0.1) is 9.15 Å². The van der Waals surface area contributed by atoms with E-state index in [0.29, 0.717) is 0 Å². The molecule has 0 aliphatic carbocycles. The smallest absolute Gasteiger partial charge is 0.380 e. The molecule has 3 aromatic rings. The summed E-state index contributed by atoms with van der Waals surface area (Å²) in [5.41, 5.74) is 4.16. The number of pyridine rings is 1. The van der Waals surface area contributed by atoms with Crippen LogP contribution in [-0.4, -0.2) is 31.6 Å². The second kappa shape index (κ2) is 4.82. The Kier molecular flexibility index (Phi) is 2.62. The zero-order valence-corrected chi connectivity index (χ0v) is 15.0. The minimum atomic E-state index is -1.16. The standard InChI is InChI=1S/C22H17N3O2/c1-14-16-8-3-5-10-18(16)26-22-24(14)20-12-7-13-21(23-20)25(22)15(2)17-9-4-6-11-19(17)27-22/h3-13H,1-2H3/q+2. The predicted octanol–water partition coefficient (Wildman–Crippen LogP) is 3.80. The number of fused-ring (bicyclic) bond motifs is 6. The first-order valence-corrected chi connectivity index (χ1v) is 9.00. The van der Waals surface area contributed by atoms with E-state index >= 15 is 0 Å². The monoisotopic (exact) mass is 355 g/mol. The molecule has 0 saturated carbocycles. The molecule has 0 saturated heterocycles. The lowest BCUT2D eigenvalue weighted by atomic mass is 10.1. The molecule has 0 atom stereocenters. The van der Waals surface area contributed by atoms with Gasteiger partial charge in [0, 0.05) is 17.1 Å². The second-order valence-electron chi connectivity index (χ2n) is 6.94. The van der Waals surface area contributed by atoms with Crippen LogP contribution in [0.2, 0.25) is 0 Å². The van der Waals surface area contributed by atoms with E-state index < -0.39 is 6.03 Å². The van der Waals surface area contributed by atoms with Gasteiger partial charge in [-0.2, -0.15) is 0 Å². The van der Waals surface area contributed by atoms with Crippen LogP contribution in [0.5, 0.6) is 11.5 Å². The Bertz CT molecular complexity index is 1120. The summed E-state index contributed by atoms with van der Waals surface area (Å²) in [5, 5.41) is 0. The number of para-hydroxylation sites is 2. The summed E-state index contributed by atoms with van der Waals surface area (Å²) in [6.45, 7) is 4.17.